The third-order valence-electron chi connectivity index (χ3n) is 5.65. The first kappa shape index (κ1) is 20.6. The Hall–Kier alpha value is -2.15. The van der Waals surface area contributed by atoms with Gasteiger partial charge in [0.05, 0.1) is 5.25 Å². The maximum absolute atomic E-state index is 12.8. The summed E-state index contributed by atoms with van der Waals surface area (Å²) in [6.07, 6.45) is 8.78. The number of amides is 1. The van der Waals surface area contributed by atoms with E-state index in [0.29, 0.717) is 18.4 Å². The maximum atomic E-state index is 12.8. The average molecular weight is 400 g/mol. The summed E-state index contributed by atoms with van der Waals surface area (Å²) < 4.78 is 1.99. The number of allylic oxidation sites excluding steroid dienone is 1. The number of thioether (sulfide) groups is 1. The molecule has 2 heterocycles. The molecule has 7 heteroatoms. The topological polar surface area (TPSA) is 72.7 Å². The molecule has 1 aliphatic carbocycles. The molecular weight excluding hydrogens is 370 g/mol. The van der Waals surface area contributed by atoms with Crippen LogP contribution in [0.4, 0.5) is 0 Å². The Labute approximate surface area is 171 Å². The lowest BCUT2D eigenvalue weighted by Crippen LogP contribution is -2.46. The molecule has 4 atom stereocenters. The number of pyridine rings is 1. The lowest BCUT2D eigenvalue weighted by Gasteiger charge is -2.35. The summed E-state index contributed by atoms with van der Waals surface area (Å²) in [6.45, 7) is 10.9. The molecule has 0 radical (unpaired) electrons. The van der Waals surface area contributed by atoms with Crippen molar-refractivity contribution in [3.8, 4) is 11.4 Å². The number of aromatic nitrogens is 4. The molecule has 150 valence electrons. The summed E-state index contributed by atoms with van der Waals surface area (Å²) in [6, 6.07) is 4.07. The van der Waals surface area contributed by atoms with Gasteiger partial charge in [-0.25, -0.2) is 0 Å². The molecule has 1 N–H and O–H groups in total. The second-order valence-corrected chi connectivity index (χ2v) is 8.89. The molecule has 1 saturated carbocycles. The van der Waals surface area contributed by atoms with Gasteiger partial charge in [-0.3, -0.25) is 14.3 Å². The summed E-state index contributed by atoms with van der Waals surface area (Å²) in [5.74, 6) is 1.99. The molecule has 0 spiro atoms. The third kappa shape index (κ3) is 4.63. The molecule has 0 aliphatic heterocycles. The Balaban J connectivity index is 1.71. The van der Waals surface area contributed by atoms with E-state index in [9.17, 15) is 4.79 Å². The summed E-state index contributed by atoms with van der Waals surface area (Å²) >= 11 is 1.44. The molecular formula is C21H29N5OS. The summed E-state index contributed by atoms with van der Waals surface area (Å²) in [5.41, 5.74) is 0.943. The highest BCUT2D eigenvalue weighted by Gasteiger charge is 2.30. The number of rotatable bonds is 7. The van der Waals surface area contributed by atoms with Crippen molar-refractivity contribution in [3.05, 3.63) is 37.2 Å². The van der Waals surface area contributed by atoms with Crippen molar-refractivity contribution in [2.75, 3.05) is 0 Å². The Morgan fingerprint density at radius 1 is 1.36 bits per heavy atom. The molecule has 28 heavy (non-hydrogen) atoms. The molecule has 2 aromatic heterocycles. The van der Waals surface area contributed by atoms with Gasteiger partial charge < -0.3 is 5.32 Å². The average Bonchev–Trinajstić information content (AvgIpc) is 3.08. The van der Waals surface area contributed by atoms with Gasteiger partial charge in [-0.15, -0.1) is 16.8 Å². The predicted molar refractivity (Wildman–Crippen MR) is 113 cm³/mol. The Kier molecular flexibility index (Phi) is 6.88. The molecule has 1 fully saturated rings. The van der Waals surface area contributed by atoms with E-state index in [1.165, 1.54) is 24.6 Å². The summed E-state index contributed by atoms with van der Waals surface area (Å²) in [5, 5.41) is 12.4. The molecule has 6 nitrogen and oxygen atoms in total. The van der Waals surface area contributed by atoms with Gasteiger partial charge in [0.2, 0.25) is 5.91 Å². The van der Waals surface area contributed by atoms with Gasteiger partial charge in [-0.2, -0.15) is 0 Å². The van der Waals surface area contributed by atoms with E-state index in [4.69, 9.17) is 0 Å². The second-order valence-electron chi connectivity index (χ2n) is 7.58. The first-order chi connectivity index (χ1) is 13.5. The Bertz CT molecular complexity index is 806. The Morgan fingerprint density at radius 3 is 2.82 bits per heavy atom. The van der Waals surface area contributed by atoms with Gasteiger partial charge in [-0.05, 0) is 37.3 Å². The van der Waals surface area contributed by atoms with Crippen LogP contribution in [0.15, 0.2) is 42.3 Å². The van der Waals surface area contributed by atoms with Crippen molar-refractivity contribution in [2.45, 2.75) is 63.0 Å². The van der Waals surface area contributed by atoms with Crippen molar-refractivity contribution in [3.63, 3.8) is 0 Å². The fraction of sp³-hybridized carbons (Fsp3) is 0.524. The van der Waals surface area contributed by atoms with E-state index >= 15 is 0 Å². The van der Waals surface area contributed by atoms with Crippen molar-refractivity contribution < 1.29 is 4.79 Å². The van der Waals surface area contributed by atoms with Crippen LogP contribution >= 0.6 is 11.8 Å². The maximum Gasteiger partial charge on any atom is 0.233 e. The SMILES string of the molecule is C=CCn1c(SC(C)C(=O)NC2CCCC(C)C2C)nnc1-c1ccncc1. The lowest BCUT2D eigenvalue weighted by molar-refractivity contribution is -0.121. The van der Waals surface area contributed by atoms with Gasteiger partial charge >= 0.3 is 0 Å². The molecule has 4 unspecified atom stereocenters. The van der Waals surface area contributed by atoms with E-state index < -0.39 is 0 Å². The predicted octanol–water partition coefficient (Wildman–Crippen LogP) is 3.95. The first-order valence-electron chi connectivity index (χ1n) is 9.92. The largest absolute Gasteiger partial charge is 0.352 e. The van der Waals surface area contributed by atoms with Crippen LogP contribution in [0.5, 0.6) is 0 Å². The lowest BCUT2D eigenvalue weighted by atomic mass is 9.78. The minimum Gasteiger partial charge on any atom is -0.352 e. The number of carbonyl (C=O) groups is 1. The normalized spacial score (nSPS) is 23.2. The van der Waals surface area contributed by atoms with Crippen molar-refractivity contribution >= 4 is 17.7 Å². The highest BCUT2D eigenvalue weighted by molar-refractivity contribution is 8.00. The highest BCUT2D eigenvalue weighted by Crippen LogP contribution is 2.31. The first-order valence-corrected chi connectivity index (χ1v) is 10.8. The van der Waals surface area contributed by atoms with E-state index in [1.807, 2.05) is 29.7 Å². The van der Waals surface area contributed by atoms with Crippen LogP contribution in [0, 0.1) is 11.8 Å². The fourth-order valence-electron chi connectivity index (χ4n) is 3.68. The molecule has 2 aromatic rings. The van der Waals surface area contributed by atoms with Gasteiger partial charge in [0.25, 0.3) is 0 Å². The molecule has 0 bridgehead atoms. The molecule has 3 rings (SSSR count). The molecule has 1 aliphatic rings. The standard InChI is InChI=1S/C21H29N5OS/c1-5-13-26-19(17-9-11-22-12-10-17)24-25-21(26)28-16(4)20(27)23-18-8-6-7-14(2)15(18)3/h5,9-12,14-16,18H,1,6-8,13H2,2-4H3,(H,23,27). The third-order valence-corrected chi connectivity index (χ3v) is 6.73. The van der Waals surface area contributed by atoms with E-state index in [2.05, 4.69) is 40.9 Å². The van der Waals surface area contributed by atoms with Crippen LogP contribution in [0.3, 0.4) is 0 Å². The minimum atomic E-state index is -0.248. The van der Waals surface area contributed by atoms with Crippen LogP contribution in [-0.4, -0.2) is 36.9 Å². The number of nitrogens with zero attached hydrogens (tertiary/aromatic N) is 4. The zero-order valence-corrected chi connectivity index (χ0v) is 17.7. The van der Waals surface area contributed by atoms with Crippen LogP contribution in [0.2, 0.25) is 0 Å². The number of hydrogen-bond donors (Lipinski definition) is 1. The van der Waals surface area contributed by atoms with Crippen molar-refractivity contribution in [2.24, 2.45) is 11.8 Å². The van der Waals surface area contributed by atoms with Crippen LogP contribution in [-0.2, 0) is 11.3 Å². The van der Waals surface area contributed by atoms with Crippen molar-refractivity contribution in [1.29, 1.82) is 0 Å². The zero-order chi connectivity index (χ0) is 20.1. The van der Waals surface area contributed by atoms with Gasteiger partial charge in [0.1, 0.15) is 0 Å². The quantitative estimate of drug-likeness (QED) is 0.564. The number of nitrogens with one attached hydrogen (secondary N) is 1. The second kappa shape index (κ2) is 9.37. The van der Waals surface area contributed by atoms with Crippen LogP contribution < -0.4 is 5.32 Å². The highest BCUT2D eigenvalue weighted by atomic mass is 32.2. The van der Waals surface area contributed by atoms with Gasteiger partial charge in [0.15, 0.2) is 11.0 Å². The smallest absolute Gasteiger partial charge is 0.233 e. The summed E-state index contributed by atoms with van der Waals surface area (Å²) in [4.78, 5) is 16.9. The molecule has 1 amide bonds. The molecule has 0 saturated heterocycles. The zero-order valence-electron chi connectivity index (χ0n) is 16.8. The minimum absolute atomic E-state index is 0.0644. The van der Waals surface area contributed by atoms with Crippen molar-refractivity contribution in [1.82, 2.24) is 25.1 Å². The van der Waals surface area contributed by atoms with E-state index in [0.717, 1.165) is 23.0 Å². The summed E-state index contributed by atoms with van der Waals surface area (Å²) in [7, 11) is 0. The van der Waals surface area contributed by atoms with E-state index in [1.54, 1.807) is 12.4 Å². The van der Waals surface area contributed by atoms with Crippen LogP contribution in [0.25, 0.3) is 11.4 Å². The molecule has 0 aromatic carbocycles. The van der Waals surface area contributed by atoms with Crippen LogP contribution in [0.1, 0.15) is 40.0 Å². The fourth-order valence-corrected chi connectivity index (χ4v) is 4.55. The van der Waals surface area contributed by atoms with E-state index in [-0.39, 0.29) is 17.2 Å². The van der Waals surface area contributed by atoms with Gasteiger partial charge in [0, 0.05) is 30.5 Å². The number of hydrogen-bond acceptors (Lipinski definition) is 5. The Morgan fingerprint density at radius 2 is 2.11 bits per heavy atom. The monoisotopic (exact) mass is 399 g/mol. The van der Waals surface area contributed by atoms with Gasteiger partial charge in [-0.1, -0.05) is 44.5 Å². The number of carbonyl (C=O) groups excluding carboxylic acids is 1.